The monoisotopic (exact) mass is 265 g/mol. The van der Waals surface area contributed by atoms with Crippen molar-refractivity contribution in [1.29, 1.82) is 0 Å². The number of aryl methyl sites for hydroxylation is 1. The first kappa shape index (κ1) is 14.0. The molecule has 1 aromatic heterocycles. The zero-order valence-electron chi connectivity index (χ0n) is 11.8. The SMILES string of the molecule is CCn1cnnc1CNC(=O)C1(CC)CCCNC1. The van der Waals surface area contributed by atoms with E-state index in [-0.39, 0.29) is 11.3 Å². The van der Waals surface area contributed by atoms with Crippen LogP contribution in [0.1, 0.15) is 38.9 Å². The molecule has 2 heterocycles. The summed E-state index contributed by atoms with van der Waals surface area (Å²) in [5, 5.41) is 14.3. The highest BCUT2D eigenvalue weighted by atomic mass is 16.2. The smallest absolute Gasteiger partial charge is 0.227 e. The fourth-order valence-corrected chi connectivity index (χ4v) is 2.65. The third-order valence-corrected chi connectivity index (χ3v) is 4.07. The van der Waals surface area contributed by atoms with Gasteiger partial charge in [-0.1, -0.05) is 6.92 Å². The summed E-state index contributed by atoms with van der Waals surface area (Å²) >= 11 is 0. The number of piperidine rings is 1. The van der Waals surface area contributed by atoms with E-state index in [1.807, 2.05) is 11.5 Å². The fraction of sp³-hybridized carbons (Fsp3) is 0.769. The molecule has 1 amide bonds. The highest BCUT2D eigenvalue weighted by Gasteiger charge is 2.37. The molecule has 1 unspecified atom stereocenters. The number of hydrogen-bond donors (Lipinski definition) is 2. The largest absolute Gasteiger partial charge is 0.348 e. The van der Waals surface area contributed by atoms with Gasteiger partial charge in [-0.25, -0.2) is 0 Å². The van der Waals surface area contributed by atoms with Gasteiger partial charge in [0.25, 0.3) is 0 Å². The molecule has 0 aromatic carbocycles. The minimum absolute atomic E-state index is 0.132. The number of carbonyl (C=O) groups excluding carboxylic acids is 1. The van der Waals surface area contributed by atoms with Crippen LogP contribution in [-0.4, -0.2) is 33.8 Å². The van der Waals surface area contributed by atoms with E-state index in [0.717, 1.165) is 44.7 Å². The molecule has 1 aliphatic heterocycles. The van der Waals surface area contributed by atoms with Crippen molar-refractivity contribution >= 4 is 5.91 Å². The van der Waals surface area contributed by atoms with Crippen LogP contribution in [0.4, 0.5) is 0 Å². The predicted molar refractivity (Wildman–Crippen MR) is 72.4 cm³/mol. The average molecular weight is 265 g/mol. The summed E-state index contributed by atoms with van der Waals surface area (Å²) in [5.41, 5.74) is -0.255. The number of nitrogens with zero attached hydrogens (tertiary/aromatic N) is 3. The van der Waals surface area contributed by atoms with E-state index >= 15 is 0 Å². The molecule has 2 rings (SSSR count). The molecule has 1 aliphatic rings. The highest BCUT2D eigenvalue weighted by Crippen LogP contribution is 2.30. The molecule has 0 aliphatic carbocycles. The van der Waals surface area contributed by atoms with Crippen molar-refractivity contribution in [2.45, 2.75) is 46.2 Å². The Morgan fingerprint density at radius 2 is 2.42 bits per heavy atom. The molecule has 0 saturated carbocycles. The van der Waals surface area contributed by atoms with Crippen molar-refractivity contribution in [3.8, 4) is 0 Å². The first-order valence-electron chi connectivity index (χ1n) is 7.07. The number of carbonyl (C=O) groups is 1. The van der Waals surface area contributed by atoms with Crippen molar-refractivity contribution in [1.82, 2.24) is 25.4 Å². The van der Waals surface area contributed by atoms with Gasteiger partial charge < -0.3 is 15.2 Å². The summed E-state index contributed by atoms with van der Waals surface area (Å²) in [7, 11) is 0. The second kappa shape index (κ2) is 6.14. The summed E-state index contributed by atoms with van der Waals surface area (Å²) in [6.07, 6.45) is 4.58. The van der Waals surface area contributed by atoms with Crippen LogP contribution in [0.25, 0.3) is 0 Å². The molecule has 1 aromatic rings. The van der Waals surface area contributed by atoms with E-state index in [2.05, 4.69) is 27.8 Å². The molecule has 0 spiro atoms. The summed E-state index contributed by atoms with van der Waals surface area (Å²) in [6.45, 7) is 7.18. The molecular weight excluding hydrogens is 242 g/mol. The lowest BCUT2D eigenvalue weighted by atomic mass is 9.77. The van der Waals surface area contributed by atoms with E-state index in [9.17, 15) is 4.79 Å². The van der Waals surface area contributed by atoms with Crippen LogP contribution in [0.5, 0.6) is 0 Å². The van der Waals surface area contributed by atoms with Crippen molar-refractivity contribution in [2.24, 2.45) is 5.41 Å². The number of hydrogen-bond acceptors (Lipinski definition) is 4. The Morgan fingerprint density at radius 3 is 3.05 bits per heavy atom. The van der Waals surface area contributed by atoms with E-state index < -0.39 is 0 Å². The van der Waals surface area contributed by atoms with Crippen molar-refractivity contribution in [3.63, 3.8) is 0 Å². The van der Waals surface area contributed by atoms with Crippen LogP contribution < -0.4 is 10.6 Å². The Bertz CT molecular complexity index is 422. The van der Waals surface area contributed by atoms with Crippen LogP contribution in [-0.2, 0) is 17.9 Å². The average Bonchev–Trinajstić information content (AvgIpc) is 2.92. The number of rotatable bonds is 5. The molecule has 6 nitrogen and oxygen atoms in total. The fourth-order valence-electron chi connectivity index (χ4n) is 2.65. The molecule has 1 fully saturated rings. The van der Waals surface area contributed by atoms with Crippen LogP contribution >= 0.6 is 0 Å². The Balaban J connectivity index is 1.96. The molecular formula is C13H23N5O. The van der Waals surface area contributed by atoms with Gasteiger partial charge in [-0.3, -0.25) is 4.79 Å². The lowest BCUT2D eigenvalue weighted by Gasteiger charge is -2.35. The maximum atomic E-state index is 12.4. The Labute approximate surface area is 114 Å². The minimum Gasteiger partial charge on any atom is -0.348 e. The van der Waals surface area contributed by atoms with Crippen molar-refractivity contribution in [2.75, 3.05) is 13.1 Å². The standard InChI is InChI=1S/C13H23N5O/c1-3-13(6-5-7-14-9-13)12(19)15-8-11-17-16-10-18(11)4-2/h10,14H,3-9H2,1-2H3,(H,15,19). The molecule has 1 saturated heterocycles. The third-order valence-electron chi connectivity index (χ3n) is 4.07. The third kappa shape index (κ3) is 2.94. The zero-order chi connectivity index (χ0) is 13.7. The number of amides is 1. The summed E-state index contributed by atoms with van der Waals surface area (Å²) in [4.78, 5) is 12.4. The molecule has 0 radical (unpaired) electrons. The normalized spacial score (nSPS) is 23.3. The Kier molecular flexibility index (Phi) is 4.52. The molecule has 2 N–H and O–H groups in total. The lowest BCUT2D eigenvalue weighted by Crippen LogP contribution is -2.50. The van der Waals surface area contributed by atoms with E-state index in [4.69, 9.17) is 0 Å². The summed E-state index contributed by atoms with van der Waals surface area (Å²) < 4.78 is 1.94. The second-order valence-electron chi connectivity index (χ2n) is 5.13. The maximum Gasteiger partial charge on any atom is 0.227 e. The van der Waals surface area contributed by atoms with Gasteiger partial charge in [-0.2, -0.15) is 0 Å². The van der Waals surface area contributed by atoms with Crippen LogP contribution in [0.15, 0.2) is 6.33 Å². The maximum absolute atomic E-state index is 12.4. The van der Waals surface area contributed by atoms with Crippen LogP contribution in [0.2, 0.25) is 0 Å². The van der Waals surface area contributed by atoms with Crippen LogP contribution in [0.3, 0.4) is 0 Å². The van der Waals surface area contributed by atoms with Gasteiger partial charge in [0.05, 0.1) is 12.0 Å². The van der Waals surface area contributed by atoms with E-state index in [1.165, 1.54) is 0 Å². The predicted octanol–water partition coefficient (Wildman–Crippen LogP) is 0.694. The van der Waals surface area contributed by atoms with Gasteiger partial charge in [0.15, 0.2) is 5.82 Å². The van der Waals surface area contributed by atoms with Gasteiger partial charge in [-0.05, 0) is 32.7 Å². The van der Waals surface area contributed by atoms with Gasteiger partial charge in [-0.15, -0.1) is 10.2 Å². The Hall–Kier alpha value is -1.43. The lowest BCUT2D eigenvalue weighted by molar-refractivity contribution is -0.132. The minimum atomic E-state index is -0.255. The molecule has 1 atom stereocenters. The van der Waals surface area contributed by atoms with E-state index in [1.54, 1.807) is 6.33 Å². The second-order valence-corrected chi connectivity index (χ2v) is 5.13. The summed E-state index contributed by atoms with van der Waals surface area (Å²) in [6, 6.07) is 0. The molecule has 106 valence electrons. The quantitative estimate of drug-likeness (QED) is 0.822. The van der Waals surface area contributed by atoms with Gasteiger partial charge in [0.2, 0.25) is 5.91 Å². The van der Waals surface area contributed by atoms with Crippen molar-refractivity contribution in [3.05, 3.63) is 12.2 Å². The van der Waals surface area contributed by atoms with Gasteiger partial charge in [0, 0.05) is 13.1 Å². The van der Waals surface area contributed by atoms with Crippen LogP contribution in [0, 0.1) is 5.41 Å². The van der Waals surface area contributed by atoms with E-state index in [0.29, 0.717) is 6.54 Å². The van der Waals surface area contributed by atoms with Gasteiger partial charge in [0.1, 0.15) is 6.33 Å². The van der Waals surface area contributed by atoms with Crippen molar-refractivity contribution < 1.29 is 4.79 Å². The number of aromatic nitrogens is 3. The first-order chi connectivity index (χ1) is 9.22. The number of nitrogens with one attached hydrogen (secondary N) is 2. The Morgan fingerprint density at radius 1 is 1.58 bits per heavy atom. The topological polar surface area (TPSA) is 71.8 Å². The summed E-state index contributed by atoms with van der Waals surface area (Å²) in [5.74, 6) is 0.943. The molecule has 0 bridgehead atoms. The highest BCUT2D eigenvalue weighted by molar-refractivity contribution is 5.82. The molecule has 19 heavy (non-hydrogen) atoms. The zero-order valence-corrected chi connectivity index (χ0v) is 11.8. The van der Waals surface area contributed by atoms with Gasteiger partial charge >= 0.3 is 0 Å². The first-order valence-corrected chi connectivity index (χ1v) is 7.07. The molecule has 6 heteroatoms.